The summed E-state index contributed by atoms with van der Waals surface area (Å²) in [5.41, 5.74) is 0.812. The van der Waals surface area contributed by atoms with Crippen LogP contribution in [0.3, 0.4) is 0 Å². The maximum Gasteiger partial charge on any atom is 0.315 e. The van der Waals surface area contributed by atoms with Crippen LogP contribution in [0, 0.1) is 6.92 Å². The third kappa shape index (κ3) is 4.67. The van der Waals surface area contributed by atoms with E-state index in [2.05, 4.69) is 15.8 Å². The van der Waals surface area contributed by atoms with Crippen LogP contribution in [0.15, 0.2) is 10.6 Å². The molecule has 2 saturated heterocycles. The highest BCUT2D eigenvalue weighted by Gasteiger charge is 2.33. The van der Waals surface area contributed by atoms with Gasteiger partial charge in [-0.3, -0.25) is 4.90 Å². The monoisotopic (exact) mass is 340 g/mol. The van der Waals surface area contributed by atoms with Crippen LogP contribution >= 0.6 is 0 Å². The summed E-state index contributed by atoms with van der Waals surface area (Å²) in [6.45, 7) is 4.50. The lowest BCUT2D eigenvalue weighted by molar-refractivity contribution is 0.0800. The van der Waals surface area contributed by atoms with Crippen LogP contribution < -0.4 is 10.6 Å². The summed E-state index contributed by atoms with van der Waals surface area (Å²) in [6.07, 6.45) is 1.21. The average Bonchev–Trinajstić information content (AvgIpc) is 3.12. The normalized spacial score (nSPS) is 25.8. The van der Waals surface area contributed by atoms with Crippen LogP contribution in [0.4, 0.5) is 9.18 Å². The highest BCUT2D eigenvalue weighted by atomic mass is 19.1. The standard InChI is InChI=1S/C16H25FN4O3/c1-11-6-15(24-20-11)10-21-9-12(17)7-14(21)8-18-16(22)19-13-2-4-23-5-3-13/h6,12-14H,2-5,7-10H2,1H3,(H2,18,19,22)/t12-,14-/m0/s1. The van der Waals surface area contributed by atoms with E-state index in [1.54, 1.807) is 0 Å². The number of ether oxygens (including phenoxy) is 1. The summed E-state index contributed by atoms with van der Waals surface area (Å²) in [5.74, 6) is 0.721. The molecule has 0 spiro atoms. The van der Waals surface area contributed by atoms with E-state index in [1.807, 2.05) is 17.9 Å². The fraction of sp³-hybridized carbons (Fsp3) is 0.750. The first-order valence-electron chi connectivity index (χ1n) is 8.52. The van der Waals surface area contributed by atoms with Crippen LogP contribution in [0.25, 0.3) is 0 Å². The number of amides is 2. The summed E-state index contributed by atoms with van der Waals surface area (Å²) >= 11 is 0. The van der Waals surface area contributed by atoms with E-state index in [-0.39, 0.29) is 18.1 Å². The Kier molecular flexibility index (Phi) is 5.68. The van der Waals surface area contributed by atoms with E-state index in [0.717, 1.165) is 24.3 Å². The van der Waals surface area contributed by atoms with E-state index < -0.39 is 6.17 Å². The van der Waals surface area contributed by atoms with Crippen molar-refractivity contribution in [1.82, 2.24) is 20.7 Å². The second kappa shape index (κ2) is 7.94. The third-order valence-electron chi connectivity index (χ3n) is 4.57. The molecule has 0 radical (unpaired) electrons. The third-order valence-corrected chi connectivity index (χ3v) is 4.57. The van der Waals surface area contributed by atoms with E-state index in [9.17, 15) is 9.18 Å². The Bertz CT molecular complexity index is 547. The van der Waals surface area contributed by atoms with Crippen LogP contribution in [0.5, 0.6) is 0 Å². The molecule has 3 heterocycles. The van der Waals surface area contributed by atoms with Crippen molar-refractivity contribution in [3.8, 4) is 0 Å². The highest BCUT2D eigenvalue weighted by Crippen LogP contribution is 2.22. The fourth-order valence-corrected chi connectivity index (χ4v) is 3.31. The van der Waals surface area contributed by atoms with Gasteiger partial charge in [-0.1, -0.05) is 5.16 Å². The number of likely N-dealkylation sites (tertiary alicyclic amines) is 1. The molecule has 2 aliphatic rings. The predicted octanol–water partition coefficient (Wildman–Crippen LogP) is 1.37. The molecule has 0 aliphatic carbocycles. The van der Waals surface area contributed by atoms with Crippen molar-refractivity contribution >= 4 is 6.03 Å². The maximum absolute atomic E-state index is 13.8. The summed E-state index contributed by atoms with van der Waals surface area (Å²) in [4.78, 5) is 14.0. The summed E-state index contributed by atoms with van der Waals surface area (Å²) in [6, 6.07) is 1.78. The Balaban J connectivity index is 1.46. The van der Waals surface area contributed by atoms with E-state index in [0.29, 0.717) is 39.3 Å². The highest BCUT2D eigenvalue weighted by molar-refractivity contribution is 5.74. The Morgan fingerprint density at radius 2 is 2.25 bits per heavy atom. The number of halogens is 1. The first-order valence-corrected chi connectivity index (χ1v) is 8.52. The van der Waals surface area contributed by atoms with Crippen molar-refractivity contribution in [3.63, 3.8) is 0 Å². The lowest BCUT2D eigenvalue weighted by Gasteiger charge is -2.25. The molecule has 134 valence electrons. The minimum absolute atomic E-state index is 0.0363. The number of nitrogens with one attached hydrogen (secondary N) is 2. The smallest absolute Gasteiger partial charge is 0.315 e. The number of carbonyl (C=O) groups excluding carboxylic acids is 1. The zero-order valence-electron chi connectivity index (χ0n) is 14.0. The van der Waals surface area contributed by atoms with Gasteiger partial charge in [0.05, 0.1) is 12.2 Å². The quantitative estimate of drug-likeness (QED) is 0.846. The van der Waals surface area contributed by atoms with E-state index in [1.165, 1.54) is 0 Å². The second-order valence-corrected chi connectivity index (χ2v) is 6.59. The van der Waals surface area contributed by atoms with Crippen molar-refractivity contribution in [2.24, 2.45) is 0 Å². The molecular formula is C16H25FN4O3. The van der Waals surface area contributed by atoms with E-state index in [4.69, 9.17) is 9.26 Å². The van der Waals surface area contributed by atoms with Crippen molar-refractivity contribution in [2.45, 2.75) is 51.0 Å². The number of aromatic nitrogens is 1. The number of nitrogens with zero attached hydrogens (tertiary/aromatic N) is 2. The van der Waals surface area contributed by atoms with Crippen LogP contribution in [-0.2, 0) is 11.3 Å². The predicted molar refractivity (Wildman–Crippen MR) is 85.3 cm³/mol. The first kappa shape index (κ1) is 17.2. The Hall–Kier alpha value is -1.67. The lowest BCUT2D eigenvalue weighted by atomic mass is 10.1. The molecule has 2 aliphatic heterocycles. The molecule has 2 N–H and O–H groups in total. The minimum atomic E-state index is -0.876. The lowest BCUT2D eigenvalue weighted by Crippen LogP contribution is -2.48. The summed E-state index contributed by atoms with van der Waals surface area (Å²) < 4.78 is 24.3. The minimum Gasteiger partial charge on any atom is -0.381 e. The Morgan fingerprint density at radius 3 is 2.96 bits per heavy atom. The molecule has 3 rings (SSSR count). The Labute approximate surface area is 140 Å². The molecule has 1 aromatic rings. The molecule has 24 heavy (non-hydrogen) atoms. The van der Waals surface area contributed by atoms with Gasteiger partial charge in [0, 0.05) is 44.5 Å². The fourth-order valence-electron chi connectivity index (χ4n) is 3.31. The number of hydrogen-bond donors (Lipinski definition) is 2. The molecule has 8 heteroatoms. The van der Waals surface area contributed by atoms with Crippen molar-refractivity contribution in [3.05, 3.63) is 17.5 Å². The van der Waals surface area contributed by atoms with Crippen LogP contribution in [0.2, 0.25) is 0 Å². The maximum atomic E-state index is 13.8. The van der Waals surface area contributed by atoms with Gasteiger partial charge in [0.1, 0.15) is 6.17 Å². The molecule has 1 aromatic heterocycles. The number of rotatable bonds is 5. The topological polar surface area (TPSA) is 79.6 Å². The van der Waals surface area contributed by atoms with Crippen LogP contribution in [-0.4, -0.2) is 60.6 Å². The van der Waals surface area contributed by atoms with Crippen molar-refractivity contribution in [1.29, 1.82) is 0 Å². The van der Waals surface area contributed by atoms with Gasteiger partial charge in [-0.15, -0.1) is 0 Å². The van der Waals surface area contributed by atoms with Gasteiger partial charge in [0.25, 0.3) is 0 Å². The SMILES string of the molecule is Cc1cc(CN2C[C@@H](F)C[C@H]2CNC(=O)NC2CCOCC2)on1. The molecule has 0 bridgehead atoms. The summed E-state index contributed by atoms with van der Waals surface area (Å²) in [5, 5.41) is 9.68. The van der Waals surface area contributed by atoms with Crippen molar-refractivity contribution < 1.29 is 18.4 Å². The van der Waals surface area contributed by atoms with E-state index >= 15 is 0 Å². The van der Waals surface area contributed by atoms with Gasteiger partial charge < -0.3 is 19.9 Å². The molecule has 0 saturated carbocycles. The zero-order valence-corrected chi connectivity index (χ0v) is 14.0. The average molecular weight is 340 g/mol. The molecule has 7 nitrogen and oxygen atoms in total. The molecular weight excluding hydrogens is 315 g/mol. The van der Waals surface area contributed by atoms with Gasteiger partial charge >= 0.3 is 6.03 Å². The zero-order chi connectivity index (χ0) is 16.9. The second-order valence-electron chi connectivity index (χ2n) is 6.59. The first-order chi connectivity index (χ1) is 11.6. The van der Waals surface area contributed by atoms with Crippen molar-refractivity contribution in [2.75, 3.05) is 26.3 Å². The van der Waals surface area contributed by atoms with Gasteiger partial charge in [0.15, 0.2) is 5.76 Å². The molecule has 2 amide bonds. The number of urea groups is 1. The molecule has 0 aromatic carbocycles. The number of carbonyl (C=O) groups is 1. The largest absolute Gasteiger partial charge is 0.381 e. The van der Waals surface area contributed by atoms with Gasteiger partial charge in [-0.2, -0.15) is 0 Å². The number of aryl methyl sites for hydroxylation is 1. The molecule has 0 unspecified atom stereocenters. The Morgan fingerprint density at radius 1 is 1.46 bits per heavy atom. The number of alkyl halides is 1. The van der Waals surface area contributed by atoms with Gasteiger partial charge in [0.2, 0.25) is 0 Å². The van der Waals surface area contributed by atoms with Crippen LogP contribution in [0.1, 0.15) is 30.7 Å². The number of hydrogen-bond acceptors (Lipinski definition) is 5. The van der Waals surface area contributed by atoms with Gasteiger partial charge in [-0.25, -0.2) is 9.18 Å². The van der Waals surface area contributed by atoms with Gasteiger partial charge in [-0.05, 0) is 26.2 Å². The summed E-state index contributed by atoms with van der Waals surface area (Å²) in [7, 11) is 0. The molecule has 2 atom stereocenters. The molecule has 2 fully saturated rings.